The number of hydrogen-bond acceptors (Lipinski definition) is 2. The molecule has 3 aromatic rings. The second-order valence-electron chi connectivity index (χ2n) is 7.93. The van der Waals surface area contributed by atoms with Gasteiger partial charge in [0, 0.05) is 39.1 Å². The lowest BCUT2D eigenvalue weighted by molar-refractivity contribution is 0.170. The van der Waals surface area contributed by atoms with Crippen LogP contribution in [0.15, 0.2) is 65.1 Å². The molecule has 0 saturated carbocycles. The molecule has 3 aliphatic rings. The fourth-order valence-electron chi connectivity index (χ4n) is 5.46. The predicted molar refractivity (Wildman–Crippen MR) is 117 cm³/mol. The highest BCUT2D eigenvalue weighted by atomic mass is 79.9. The van der Waals surface area contributed by atoms with Crippen LogP contribution in [0.1, 0.15) is 34.2 Å². The van der Waals surface area contributed by atoms with E-state index in [9.17, 15) is 0 Å². The second-order valence-corrected chi connectivity index (χ2v) is 9.28. The summed E-state index contributed by atoms with van der Waals surface area (Å²) in [6.07, 6.45) is 1.10. The zero-order valence-corrected chi connectivity index (χ0v) is 17.6. The van der Waals surface area contributed by atoms with Gasteiger partial charge in [0.05, 0.1) is 12.6 Å². The predicted octanol–water partition coefficient (Wildman–Crippen LogP) is 6.36. The maximum Gasteiger partial charge on any atom is 0.124 e. The van der Waals surface area contributed by atoms with Crippen molar-refractivity contribution < 1.29 is 4.74 Å². The third-order valence-corrected chi connectivity index (χ3v) is 7.20. The molecule has 28 heavy (non-hydrogen) atoms. The molecule has 6 rings (SSSR count). The van der Waals surface area contributed by atoms with E-state index in [1.165, 1.54) is 27.9 Å². The van der Waals surface area contributed by atoms with Gasteiger partial charge in [-0.15, -0.1) is 0 Å². The summed E-state index contributed by atoms with van der Waals surface area (Å²) < 4.78 is 7.42. The standard InChI is InChI=1S/C24H19BrClNO/c25-16-11-15-9-10-27-23(15)19(12-16)22(14-5-7-17(26)8-6-14)20-13-28-21-4-2-1-3-18(21)24(20)27/h1-8,11-12,20,22,24H,9-10,13H2/t20-,22+,24+/m0/s1. The zero-order valence-electron chi connectivity index (χ0n) is 15.2. The van der Waals surface area contributed by atoms with E-state index in [0.29, 0.717) is 12.0 Å². The van der Waals surface area contributed by atoms with Crippen LogP contribution in [-0.4, -0.2) is 13.2 Å². The van der Waals surface area contributed by atoms with Crippen molar-refractivity contribution in [2.45, 2.75) is 18.4 Å². The monoisotopic (exact) mass is 451 g/mol. The molecule has 0 bridgehead atoms. The van der Waals surface area contributed by atoms with E-state index < -0.39 is 0 Å². The number of para-hydroxylation sites is 1. The van der Waals surface area contributed by atoms with Gasteiger partial charge in [-0.25, -0.2) is 0 Å². The minimum Gasteiger partial charge on any atom is -0.493 e. The van der Waals surface area contributed by atoms with Gasteiger partial charge in [-0.1, -0.05) is 57.9 Å². The Hall–Kier alpha value is -1.97. The number of fused-ring (bicyclic) bond motifs is 4. The summed E-state index contributed by atoms with van der Waals surface area (Å²) in [6.45, 7) is 1.80. The first-order valence-electron chi connectivity index (χ1n) is 9.77. The lowest BCUT2D eigenvalue weighted by Gasteiger charge is -2.49. The van der Waals surface area contributed by atoms with Crippen molar-refractivity contribution in [1.29, 1.82) is 0 Å². The molecule has 0 N–H and O–H groups in total. The van der Waals surface area contributed by atoms with Crippen molar-refractivity contribution in [3.8, 4) is 5.75 Å². The van der Waals surface area contributed by atoms with Crippen LogP contribution in [0.4, 0.5) is 5.69 Å². The minimum atomic E-state index is 0.288. The number of ether oxygens (including phenoxy) is 1. The number of anilines is 1. The third-order valence-electron chi connectivity index (χ3n) is 6.49. The molecule has 3 aliphatic heterocycles. The maximum absolute atomic E-state index is 6.26. The topological polar surface area (TPSA) is 12.5 Å². The van der Waals surface area contributed by atoms with Crippen LogP contribution in [0, 0.1) is 5.92 Å². The van der Waals surface area contributed by atoms with E-state index in [4.69, 9.17) is 16.3 Å². The largest absolute Gasteiger partial charge is 0.493 e. The van der Waals surface area contributed by atoms with E-state index in [0.717, 1.165) is 34.8 Å². The van der Waals surface area contributed by atoms with E-state index in [1.54, 1.807) is 0 Å². The van der Waals surface area contributed by atoms with Gasteiger partial charge in [0.15, 0.2) is 0 Å². The van der Waals surface area contributed by atoms with Gasteiger partial charge in [0.1, 0.15) is 5.75 Å². The Morgan fingerprint density at radius 2 is 1.82 bits per heavy atom. The lowest BCUT2D eigenvalue weighted by Crippen LogP contribution is -2.44. The van der Waals surface area contributed by atoms with Crippen molar-refractivity contribution in [1.82, 2.24) is 0 Å². The molecule has 0 spiro atoms. The summed E-state index contributed by atoms with van der Waals surface area (Å²) in [5.41, 5.74) is 6.92. The minimum absolute atomic E-state index is 0.288. The van der Waals surface area contributed by atoms with E-state index >= 15 is 0 Å². The van der Waals surface area contributed by atoms with Crippen LogP contribution in [0.5, 0.6) is 5.75 Å². The first-order chi connectivity index (χ1) is 13.7. The quantitative estimate of drug-likeness (QED) is 0.426. The van der Waals surface area contributed by atoms with Crippen molar-refractivity contribution in [3.63, 3.8) is 0 Å². The van der Waals surface area contributed by atoms with Gasteiger partial charge in [-0.2, -0.15) is 0 Å². The fourth-order valence-corrected chi connectivity index (χ4v) is 6.11. The number of rotatable bonds is 1. The molecule has 0 unspecified atom stereocenters. The highest BCUT2D eigenvalue weighted by molar-refractivity contribution is 9.10. The van der Waals surface area contributed by atoms with Gasteiger partial charge in [0.25, 0.3) is 0 Å². The molecule has 140 valence electrons. The normalized spacial score (nSPS) is 24.2. The van der Waals surface area contributed by atoms with Gasteiger partial charge in [-0.05, 0) is 53.4 Å². The molecule has 0 fully saturated rings. The van der Waals surface area contributed by atoms with Crippen LogP contribution in [-0.2, 0) is 6.42 Å². The zero-order chi connectivity index (χ0) is 18.8. The van der Waals surface area contributed by atoms with Gasteiger partial charge in [0.2, 0.25) is 0 Å². The van der Waals surface area contributed by atoms with Gasteiger partial charge < -0.3 is 9.64 Å². The molecular formula is C24H19BrClNO. The van der Waals surface area contributed by atoms with E-state index in [-0.39, 0.29) is 5.92 Å². The highest BCUT2D eigenvalue weighted by Gasteiger charge is 2.48. The molecule has 3 heterocycles. The molecule has 2 nitrogen and oxygen atoms in total. The molecular weight excluding hydrogens is 434 g/mol. The van der Waals surface area contributed by atoms with Crippen LogP contribution in [0.2, 0.25) is 5.02 Å². The number of nitrogens with zero attached hydrogens (tertiary/aromatic N) is 1. The van der Waals surface area contributed by atoms with Crippen molar-refractivity contribution in [3.05, 3.63) is 92.4 Å². The third kappa shape index (κ3) is 2.39. The highest BCUT2D eigenvalue weighted by Crippen LogP contribution is 2.57. The summed E-state index contributed by atoms with van der Waals surface area (Å²) in [5, 5.41) is 0.780. The Balaban J connectivity index is 1.61. The van der Waals surface area contributed by atoms with Crippen molar-refractivity contribution in [2.24, 2.45) is 5.92 Å². The molecule has 0 radical (unpaired) electrons. The second kappa shape index (κ2) is 6.27. The van der Waals surface area contributed by atoms with E-state index in [2.05, 4.69) is 69.4 Å². The molecule has 0 aliphatic carbocycles. The summed E-state index contributed by atoms with van der Waals surface area (Å²) in [7, 11) is 0. The fraction of sp³-hybridized carbons (Fsp3) is 0.250. The first-order valence-corrected chi connectivity index (χ1v) is 10.9. The van der Waals surface area contributed by atoms with Gasteiger partial charge in [-0.3, -0.25) is 0 Å². The Bertz CT molecular complexity index is 1080. The van der Waals surface area contributed by atoms with Gasteiger partial charge >= 0.3 is 0 Å². The molecule has 4 heteroatoms. The average molecular weight is 453 g/mol. The first kappa shape index (κ1) is 16.9. The summed E-state index contributed by atoms with van der Waals surface area (Å²) >= 11 is 9.95. The molecule has 0 amide bonds. The smallest absolute Gasteiger partial charge is 0.124 e. The number of hydrogen-bond donors (Lipinski definition) is 0. The van der Waals surface area contributed by atoms with E-state index in [1.807, 2.05) is 12.1 Å². The van der Waals surface area contributed by atoms with Crippen molar-refractivity contribution >= 4 is 33.2 Å². The molecule has 3 aromatic carbocycles. The number of benzene rings is 3. The Morgan fingerprint density at radius 3 is 2.68 bits per heavy atom. The summed E-state index contributed by atoms with van der Waals surface area (Å²) in [6, 6.07) is 21.9. The Morgan fingerprint density at radius 1 is 1.00 bits per heavy atom. The van der Waals surface area contributed by atoms with Crippen LogP contribution < -0.4 is 9.64 Å². The summed E-state index contributed by atoms with van der Waals surface area (Å²) in [5.74, 6) is 1.69. The molecule has 0 saturated heterocycles. The lowest BCUT2D eigenvalue weighted by atomic mass is 9.70. The van der Waals surface area contributed by atoms with Crippen molar-refractivity contribution in [2.75, 3.05) is 18.1 Å². The molecule has 0 aromatic heterocycles. The molecule has 3 atom stereocenters. The SMILES string of the molecule is Clc1ccc([C@@H]2c3cc(Br)cc4c3N(CC4)[C@@H]3c4ccccc4OC[C@@H]23)cc1. The average Bonchev–Trinajstić information content (AvgIpc) is 3.13. The summed E-state index contributed by atoms with van der Waals surface area (Å²) in [4.78, 5) is 2.63. The Kier molecular flexibility index (Phi) is 3.79. The van der Waals surface area contributed by atoms with Crippen LogP contribution in [0.25, 0.3) is 0 Å². The van der Waals surface area contributed by atoms with Crippen LogP contribution in [0.3, 0.4) is 0 Å². The van der Waals surface area contributed by atoms with Crippen LogP contribution >= 0.6 is 27.5 Å². The number of halogens is 2. The maximum atomic E-state index is 6.26. The Labute approximate surface area is 178 Å².